The second-order valence-electron chi connectivity index (χ2n) is 8.59. The topological polar surface area (TPSA) is 64.9 Å². The first kappa shape index (κ1) is 23.8. The van der Waals surface area contributed by atoms with E-state index in [1.54, 1.807) is 42.3 Å². The number of rotatable bonds is 9. The van der Waals surface area contributed by atoms with Crippen LogP contribution in [0, 0.1) is 5.82 Å². The molecule has 0 aliphatic heterocycles. The van der Waals surface area contributed by atoms with Gasteiger partial charge >= 0.3 is 0 Å². The molecule has 0 atom stereocenters. The quantitative estimate of drug-likeness (QED) is 0.246. The number of ether oxygens (including phenoxy) is 1. The number of thiazole rings is 1. The summed E-state index contributed by atoms with van der Waals surface area (Å²) in [6.07, 6.45) is 6.08. The highest BCUT2D eigenvalue weighted by Crippen LogP contribution is 2.34. The smallest absolute Gasteiger partial charge is 0.191 e. The molecule has 6 nitrogen and oxygen atoms in total. The minimum absolute atomic E-state index is 0.236. The molecule has 1 fully saturated rings. The molecule has 1 aliphatic carbocycles. The molecule has 4 aromatic rings. The Bertz CT molecular complexity index is 1250. The van der Waals surface area contributed by atoms with E-state index in [1.165, 1.54) is 31.4 Å². The third-order valence-electron chi connectivity index (χ3n) is 6.19. The van der Waals surface area contributed by atoms with Crippen LogP contribution in [-0.2, 0) is 12.3 Å². The van der Waals surface area contributed by atoms with E-state index in [0.29, 0.717) is 18.3 Å². The van der Waals surface area contributed by atoms with Gasteiger partial charge < -0.3 is 14.6 Å². The number of anilines is 1. The second-order valence-corrected chi connectivity index (χ2v) is 10.4. The number of benzene rings is 2. The summed E-state index contributed by atoms with van der Waals surface area (Å²) in [7, 11) is 1.67. The van der Waals surface area contributed by atoms with Gasteiger partial charge in [0.05, 0.1) is 19.3 Å². The molecule has 0 amide bonds. The standard InChI is InChI=1S/C26H28FN5OS2/c1-33-23-9-5-6-20(14-23)28-15-24-30-31-26(32(24)22-7-3-2-4-8-22)35-17-21-16-34-25(29-21)18-10-12-19(27)13-11-18/h5-6,9-14,16,22,28H,2-4,7-8,15,17H2,1H3. The number of aromatic nitrogens is 4. The van der Waals surface area contributed by atoms with Gasteiger partial charge in [0.1, 0.15) is 16.6 Å². The van der Waals surface area contributed by atoms with Crippen LogP contribution in [0.25, 0.3) is 10.6 Å². The van der Waals surface area contributed by atoms with E-state index in [9.17, 15) is 4.39 Å². The van der Waals surface area contributed by atoms with Crippen molar-refractivity contribution in [2.45, 2.75) is 55.6 Å². The van der Waals surface area contributed by atoms with Crippen molar-refractivity contribution < 1.29 is 9.13 Å². The lowest BCUT2D eigenvalue weighted by molar-refractivity contribution is 0.330. The van der Waals surface area contributed by atoms with Crippen LogP contribution in [0.1, 0.15) is 49.7 Å². The number of nitrogens with zero attached hydrogens (tertiary/aromatic N) is 4. The van der Waals surface area contributed by atoms with Crippen molar-refractivity contribution in [3.63, 3.8) is 0 Å². The SMILES string of the molecule is COc1cccc(NCc2nnc(SCc3csc(-c4ccc(F)cc4)n3)n2C2CCCCC2)c1. The summed E-state index contributed by atoms with van der Waals surface area (Å²) in [5.74, 6) is 2.25. The molecule has 1 N–H and O–H groups in total. The van der Waals surface area contributed by atoms with Gasteiger partial charge in [0.15, 0.2) is 11.0 Å². The van der Waals surface area contributed by atoms with E-state index in [0.717, 1.165) is 51.5 Å². The van der Waals surface area contributed by atoms with Crippen LogP contribution in [0.2, 0.25) is 0 Å². The van der Waals surface area contributed by atoms with Gasteiger partial charge in [0.2, 0.25) is 0 Å². The number of thioether (sulfide) groups is 1. The fourth-order valence-electron chi connectivity index (χ4n) is 4.38. The Kier molecular flexibility index (Phi) is 7.63. The zero-order chi connectivity index (χ0) is 24.0. The maximum absolute atomic E-state index is 13.2. The highest BCUT2D eigenvalue weighted by Gasteiger charge is 2.23. The third kappa shape index (κ3) is 5.85. The summed E-state index contributed by atoms with van der Waals surface area (Å²) >= 11 is 3.26. The van der Waals surface area contributed by atoms with Gasteiger partial charge in [-0.25, -0.2) is 9.37 Å². The first-order chi connectivity index (χ1) is 17.2. The number of hydrogen-bond donors (Lipinski definition) is 1. The molecule has 0 saturated heterocycles. The highest BCUT2D eigenvalue weighted by atomic mass is 32.2. The van der Waals surface area contributed by atoms with E-state index in [2.05, 4.69) is 25.5 Å². The Morgan fingerprint density at radius 1 is 1.11 bits per heavy atom. The van der Waals surface area contributed by atoms with Crippen LogP contribution >= 0.6 is 23.1 Å². The predicted octanol–water partition coefficient (Wildman–Crippen LogP) is 6.96. The molecule has 2 heterocycles. The first-order valence-electron chi connectivity index (χ1n) is 11.8. The van der Waals surface area contributed by atoms with Gasteiger partial charge in [-0.05, 0) is 49.2 Å². The summed E-state index contributed by atoms with van der Waals surface area (Å²) in [5, 5.41) is 16.5. The lowest BCUT2D eigenvalue weighted by atomic mass is 9.95. The monoisotopic (exact) mass is 509 g/mol. The number of halogens is 1. The van der Waals surface area contributed by atoms with E-state index in [-0.39, 0.29) is 5.82 Å². The Labute approximate surface area is 213 Å². The van der Waals surface area contributed by atoms with Gasteiger partial charge in [-0.1, -0.05) is 37.1 Å². The van der Waals surface area contributed by atoms with Gasteiger partial charge in [0, 0.05) is 34.5 Å². The normalized spacial score (nSPS) is 14.2. The predicted molar refractivity (Wildman–Crippen MR) is 140 cm³/mol. The van der Waals surface area contributed by atoms with Crippen LogP contribution in [0.5, 0.6) is 5.75 Å². The van der Waals surface area contributed by atoms with Crippen molar-refractivity contribution in [1.82, 2.24) is 19.7 Å². The Morgan fingerprint density at radius 2 is 1.94 bits per heavy atom. The van der Waals surface area contributed by atoms with E-state index >= 15 is 0 Å². The van der Waals surface area contributed by atoms with Crippen LogP contribution in [-0.4, -0.2) is 26.9 Å². The molecule has 9 heteroatoms. The van der Waals surface area contributed by atoms with E-state index in [4.69, 9.17) is 9.72 Å². The molecule has 182 valence electrons. The van der Waals surface area contributed by atoms with Crippen molar-refractivity contribution in [3.8, 4) is 16.3 Å². The molecule has 35 heavy (non-hydrogen) atoms. The molecular formula is C26H28FN5OS2. The van der Waals surface area contributed by atoms with Crippen LogP contribution in [0.3, 0.4) is 0 Å². The summed E-state index contributed by atoms with van der Waals surface area (Å²) in [6.45, 7) is 0.600. The average molecular weight is 510 g/mol. The third-order valence-corrected chi connectivity index (χ3v) is 8.10. The minimum atomic E-state index is -0.236. The van der Waals surface area contributed by atoms with Crippen molar-refractivity contribution >= 4 is 28.8 Å². The highest BCUT2D eigenvalue weighted by molar-refractivity contribution is 7.98. The zero-order valence-electron chi connectivity index (χ0n) is 19.6. The summed E-state index contributed by atoms with van der Waals surface area (Å²) in [4.78, 5) is 4.76. The molecule has 2 aromatic heterocycles. The van der Waals surface area contributed by atoms with Gasteiger partial charge in [-0.3, -0.25) is 0 Å². The molecule has 0 spiro atoms. The number of methoxy groups -OCH3 is 1. The second kappa shape index (κ2) is 11.2. The fraction of sp³-hybridized carbons (Fsp3) is 0.346. The Balaban J connectivity index is 1.31. The lowest BCUT2D eigenvalue weighted by Gasteiger charge is -2.25. The van der Waals surface area contributed by atoms with Crippen molar-refractivity contribution in [2.24, 2.45) is 0 Å². The van der Waals surface area contributed by atoms with E-state index < -0.39 is 0 Å². The van der Waals surface area contributed by atoms with Gasteiger partial charge in [-0.15, -0.1) is 21.5 Å². The molecule has 1 aliphatic rings. The number of nitrogens with one attached hydrogen (secondary N) is 1. The lowest BCUT2D eigenvalue weighted by Crippen LogP contribution is -2.18. The molecule has 0 unspecified atom stereocenters. The maximum atomic E-state index is 13.2. The van der Waals surface area contributed by atoms with Gasteiger partial charge in [-0.2, -0.15) is 0 Å². The summed E-state index contributed by atoms with van der Waals surface area (Å²) in [5.41, 5.74) is 2.92. The molecule has 1 saturated carbocycles. The van der Waals surface area contributed by atoms with Crippen LogP contribution < -0.4 is 10.1 Å². The molecule has 0 radical (unpaired) electrons. The Morgan fingerprint density at radius 3 is 2.74 bits per heavy atom. The zero-order valence-corrected chi connectivity index (χ0v) is 21.2. The summed E-state index contributed by atoms with van der Waals surface area (Å²) < 4.78 is 20.9. The van der Waals surface area contributed by atoms with Crippen molar-refractivity contribution in [2.75, 3.05) is 12.4 Å². The molecule has 2 aromatic carbocycles. The largest absolute Gasteiger partial charge is 0.497 e. The van der Waals surface area contributed by atoms with E-state index in [1.807, 2.05) is 24.3 Å². The average Bonchev–Trinajstić information content (AvgIpc) is 3.54. The first-order valence-corrected chi connectivity index (χ1v) is 13.7. The Hall–Kier alpha value is -2.91. The van der Waals surface area contributed by atoms with Gasteiger partial charge in [0.25, 0.3) is 0 Å². The molecular weight excluding hydrogens is 481 g/mol. The molecule has 0 bridgehead atoms. The summed E-state index contributed by atoms with van der Waals surface area (Å²) in [6, 6.07) is 14.8. The maximum Gasteiger partial charge on any atom is 0.191 e. The van der Waals surface area contributed by atoms with Crippen LogP contribution in [0.4, 0.5) is 10.1 Å². The minimum Gasteiger partial charge on any atom is -0.497 e. The van der Waals surface area contributed by atoms with Crippen molar-refractivity contribution in [1.29, 1.82) is 0 Å². The molecule has 5 rings (SSSR count). The number of hydrogen-bond acceptors (Lipinski definition) is 7. The van der Waals surface area contributed by atoms with Crippen molar-refractivity contribution in [3.05, 3.63) is 71.2 Å². The van der Waals surface area contributed by atoms with Crippen LogP contribution in [0.15, 0.2) is 59.1 Å². The fourth-order valence-corrected chi connectivity index (χ4v) is 6.23.